The molecule has 2 aromatic rings. The largest absolute Gasteiger partial charge is 0.411 e. The first-order chi connectivity index (χ1) is 3.88. The molecule has 0 bridgehead atoms. The van der Waals surface area contributed by atoms with Crippen molar-refractivity contribution in [2.45, 2.75) is 0 Å². The van der Waals surface area contributed by atoms with Crippen molar-refractivity contribution in [1.82, 2.24) is 9.38 Å². The second-order valence-corrected chi connectivity index (χ2v) is 1.79. The molecule has 38 valence electrons. The highest BCUT2D eigenvalue weighted by atomic mass is 16.6. The first-order valence-electron chi connectivity index (χ1n) is 2.23. The summed E-state index contributed by atoms with van der Waals surface area (Å²) in [6, 6.07) is 0. The Balaban J connectivity index is 2.81. The molecule has 0 amide bonds. The number of nitrogens with zero attached hydrogens (tertiary/aromatic N) is 2. The summed E-state index contributed by atoms with van der Waals surface area (Å²) < 4.78 is 6.18. The first kappa shape index (κ1) is 2.86. The number of hydrogen-bond donors (Lipinski definition) is 0. The molecule has 2 aromatic heterocycles. The van der Waals surface area contributed by atoms with E-state index >= 15 is 0 Å². The van der Waals surface area contributed by atoms with E-state index in [0.29, 0.717) is 17.4 Å². The number of fused-ring (bicyclic) bond motifs is 3. The molecule has 0 N–H and O–H groups in total. The van der Waals surface area contributed by atoms with Gasteiger partial charge >= 0.3 is 5.56 Å². The molecule has 4 nitrogen and oxygen atoms in total. The number of aromatic nitrogens is 2. The van der Waals surface area contributed by atoms with Gasteiger partial charge in [-0.2, -0.15) is 4.98 Å². The molecule has 0 aromatic carbocycles. The van der Waals surface area contributed by atoms with E-state index in [0.717, 1.165) is 0 Å². The van der Waals surface area contributed by atoms with Crippen LogP contribution in [0.5, 0.6) is 11.8 Å². The van der Waals surface area contributed by atoms with Crippen molar-refractivity contribution >= 4 is 5.65 Å². The van der Waals surface area contributed by atoms with Crippen LogP contribution in [0, 0.1) is 0 Å². The molecule has 3 rings (SSSR count). The third-order valence-electron chi connectivity index (χ3n) is 1.30. The predicted octanol–water partition coefficient (Wildman–Crippen LogP) is -0.324. The van der Waals surface area contributed by atoms with E-state index in [1.165, 1.54) is 4.40 Å². The molecule has 0 radical (unpaired) electrons. The van der Waals surface area contributed by atoms with Crippen LogP contribution in [0.4, 0.5) is 0 Å². The van der Waals surface area contributed by atoms with E-state index in [1.54, 1.807) is 0 Å². The fraction of sp³-hybridized carbons (Fsp3) is 0. The summed E-state index contributed by atoms with van der Waals surface area (Å²) in [4.78, 5) is 14.2. The fourth-order valence-corrected chi connectivity index (χ4v) is 0.801. The van der Waals surface area contributed by atoms with Gasteiger partial charge in [-0.25, -0.2) is 4.40 Å². The number of ether oxygens (including phenoxy) is 1. The van der Waals surface area contributed by atoms with Gasteiger partial charge in [0.15, 0.2) is 0 Å². The van der Waals surface area contributed by atoms with Crippen molar-refractivity contribution in [2.24, 2.45) is 0 Å². The van der Waals surface area contributed by atoms with Gasteiger partial charge in [0.25, 0.3) is 11.8 Å². The Morgan fingerprint density at radius 1 is 1.62 bits per heavy atom. The van der Waals surface area contributed by atoms with E-state index in [4.69, 9.17) is 4.74 Å². The zero-order chi connectivity index (χ0) is 5.30. The van der Waals surface area contributed by atoms with Gasteiger partial charge in [0.2, 0.25) is 5.65 Å². The average Bonchev–Trinajstić information content (AvgIpc) is 2.57. The summed E-state index contributed by atoms with van der Waals surface area (Å²) >= 11 is 0. The quantitative estimate of drug-likeness (QED) is 0.370. The van der Waals surface area contributed by atoms with Crippen LogP contribution in [0.3, 0.4) is 0 Å². The second kappa shape index (κ2) is 0.506. The highest BCUT2D eigenvalue weighted by Gasteiger charge is 2.37. The third kappa shape index (κ3) is 0.123. The summed E-state index contributed by atoms with van der Waals surface area (Å²) in [5.41, 5.74) is 0.530. The Kier molecular flexibility index (Phi) is 0.181. The lowest BCUT2D eigenvalue weighted by Crippen LogP contribution is -1.77. The molecule has 1 aliphatic heterocycles. The van der Waals surface area contributed by atoms with Gasteiger partial charge in [-0.05, 0) is 0 Å². The minimum atomic E-state index is -0.0127. The molecule has 1 aliphatic rings. The highest BCUT2D eigenvalue weighted by molar-refractivity contribution is 5.62. The van der Waals surface area contributed by atoms with Crippen LogP contribution < -0.4 is 10.3 Å². The lowest BCUT2D eigenvalue weighted by molar-refractivity contribution is 0.610. The maximum absolute atomic E-state index is 10.4. The Morgan fingerprint density at radius 2 is 2.50 bits per heavy atom. The summed E-state index contributed by atoms with van der Waals surface area (Å²) in [6.07, 6.45) is 0. The molecule has 0 saturated carbocycles. The minimum Gasteiger partial charge on any atom is -0.411 e. The average molecular weight is 108 g/mol. The molecule has 4 heteroatoms. The Labute approximate surface area is 43.0 Å². The molecule has 8 heavy (non-hydrogen) atoms. The number of imidazole rings is 1. The van der Waals surface area contributed by atoms with E-state index in [2.05, 4.69) is 4.98 Å². The van der Waals surface area contributed by atoms with Gasteiger partial charge in [-0.1, -0.05) is 0 Å². The molecule has 0 aliphatic carbocycles. The molecule has 0 atom stereocenters. The maximum Gasteiger partial charge on any atom is 0.303 e. The molecular weight excluding hydrogens is 108 g/mol. The van der Waals surface area contributed by atoms with Crippen LogP contribution in [0.1, 0.15) is 0 Å². The van der Waals surface area contributed by atoms with Crippen molar-refractivity contribution in [3.63, 3.8) is 0 Å². The third-order valence-corrected chi connectivity index (χ3v) is 1.30. The molecule has 3 heterocycles. The zero-order valence-electron chi connectivity index (χ0n) is 3.71. The van der Waals surface area contributed by atoms with Gasteiger partial charge in [-0.15, -0.1) is 0 Å². The fourth-order valence-electron chi connectivity index (χ4n) is 0.801. The Hall–Kier alpha value is -1.32. The summed E-state index contributed by atoms with van der Waals surface area (Å²) in [7, 11) is 0. The van der Waals surface area contributed by atoms with Crippen LogP contribution in [-0.2, 0) is 0 Å². The Morgan fingerprint density at radius 3 is 3.00 bits per heavy atom. The van der Waals surface area contributed by atoms with Crippen LogP contribution in [0.15, 0.2) is 4.79 Å². The van der Waals surface area contributed by atoms with Crippen molar-refractivity contribution < 1.29 is 4.74 Å². The van der Waals surface area contributed by atoms with Gasteiger partial charge < -0.3 is 4.74 Å². The van der Waals surface area contributed by atoms with E-state index in [9.17, 15) is 4.79 Å². The van der Waals surface area contributed by atoms with Crippen molar-refractivity contribution in [1.29, 1.82) is 0 Å². The Bertz CT molecular complexity index is 390. The lowest BCUT2D eigenvalue weighted by Gasteiger charge is -1.60. The van der Waals surface area contributed by atoms with Gasteiger partial charge in [0.05, 0.1) is 0 Å². The number of hydrogen-bond acceptors (Lipinski definition) is 3. The first-order valence-corrected chi connectivity index (χ1v) is 2.23. The van der Waals surface area contributed by atoms with Crippen LogP contribution >= 0.6 is 0 Å². The molecule has 0 spiro atoms. The lowest BCUT2D eigenvalue weighted by atomic mass is 10.9. The van der Waals surface area contributed by atoms with Gasteiger partial charge in [0.1, 0.15) is 0 Å². The normalized spacial score (nSPS) is 14.5. The molecular formula is C4N2O2. The second-order valence-electron chi connectivity index (χ2n) is 1.79. The predicted molar refractivity (Wildman–Crippen MR) is 23.9 cm³/mol. The topological polar surface area (TPSA) is 46.9 Å². The zero-order valence-corrected chi connectivity index (χ0v) is 3.71. The standard InChI is InChI=1S/C4N2O2/c7-3-1-5-2-4(8-2)6(1)3. The smallest absolute Gasteiger partial charge is 0.303 e. The van der Waals surface area contributed by atoms with E-state index in [-0.39, 0.29) is 5.56 Å². The van der Waals surface area contributed by atoms with Crippen LogP contribution in [0.25, 0.3) is 5.65 Å². The van der Waals surface area contributed by atoms with Crippen LogP contribution in [0.2, 0.25) is 0 Å². The van der Waals surface area contributed by atoms with Crippen LogP contribution in [-0.4, -0.2) is 9.38 Å². The van der Waals surface area contributed by atoms with Gasteiger partial charge in [-0.3, -0.25) is 4.79 Å². The molecule has 0 fully saturated rings. The van der Waals surface area contributed by atoms with Crippen molar-refractivity contribution in [3.8, 4) is 11.8 Å². The minimum absolute atomic E-state index is 0.0127. The molecule has 0 saturated heterocycles. The SMILES string of the molecule is O=c1c2nc3c(n12)O3. The monoisotopic (exact) mass is 108 g/mol. The van der Waals surface area contributed by atoms with E-state index in [1.807, 2.05) is 0 Å². The number of rotatable bonds is 0. The van der Waals surface area contributed by atoms with Gasteiger partial charge in [0, 0.05) is 0 Å². The highest BCUT2D eigenvalue weighted by Crippen LogP contribution is 2.44. The summed E-state index contributed by atoms with van der Waals surface area (Å²) in [5.74, 6) is 1.27. The maximum atomic E-state index is 10.4. The van der Waals surface area contributed by atoms with Crippen molar-refractivity contribution in [3.05, 3.63) is 10.4 Å². The summed E-state index contributed by atoms with van der Waals surface area (Å²) in [5, 5.41) is 0. The summed E-state index contributed by atoms with van der Waals surface area (Å²) in [6.45, 7) is 0. The molecule has 0 unspecified atom stereocenters. The van der Waals surface area contributed by atoms with E-state index < -0.39 is 0 Å². The van der Waals surface area contributed by atoms with Crippen molar-refractivity contribution in [2.75, 3.05) is 0 Å².